The standard InChI is InChI=1S/C31H35N3O5/c1-3-22(17-29(35)36)32-30(37)28(19-34(2)18-21-11-5-4-6-12-21)33-31(38)39-20-27-25-15-9-7-13-23(25)24-14-8-10-16-26(24)27/h4-16,22,27-28H,3,17-20H2,1-2H3,(H,32,37)(H,33,38)(H,35,36). The van der Waals surface area contributed by atoms with Gasteiger partial charge in [0.1, 0.15) is 12.6 Å². The number of carboxylic acids is 1. The quantitative estimate of drug-likeness (QED) is 0.321. The monoisotopic (exact) mass is 529 g/mol. The number of hydrogen-bond acceptors (Lipinski definition) is 5. The fourth-order valence-corrected chi connectivity index (χ4v) is 5.06. The lowest BCUT2D eigenvalue weighted by Gasteiger charge is -2.26. The van der Waals surface area contributed by atoms with E-state index in [0.29, 0.717) is 13.0 Å². The fourth-order valence-electron chi connectivity index (χ4n) is 5.06. The molecule has 2 amide bonds. The van der Waals surface area contributed by atoms with E-state index in [-0.39, 0.29) is 25.5 Å². The molecule has 0 saturated carbocycles. The molecule has 2 unspecified atom stereocenters. The van der Waals surface area contributed by atoms with Crippen LogP contribution in [0.2, 0.25) is 0 Å². The number of carboxylic acid groups (broad SMARTS) is 1. The van der Waals surface area contributed by atoms with Crippen molar-refractivity contribution in [1.29, 1.82) is 0 Å². The van der Waals surface area contributed by atoms with E-state index in [2.05, 4.69) is 22.8 Å². The Labute approximate surface area is 229 Å². The lowest BCUT2D eigenvalue weighted by atomic mass is 9.98. The summed E-state index contributed by atoms with van der Waals surface area (Å²) in [4.78, 5) is 39.3. The topological polar surface area (TPSA) is 108 Å². The van der Waals surface area contributed by atoms with Crippen LogP contribution in [0.25, 0.3) is 11.1 Å². The molecule has 8 nitrogen and oxygen atoms in total. The van der Waals surface area contributed by atoms with Gasteiger partial charge in [0.25, 0.3) is 0 Å². The summed E-state index contributed by atoms with van der Waals surface area (Å²) in [6, 6.07) is 24.5. The van der Waals surface area contributed by atoms with E-state index in [4.69, 9.17) is 4.74 Å². The average Bonchev–Trinajstić information content (AvgIpc) is 3.25. The van der Waals surface area contributed by atoms with E-state index in [0.717, 1.165) is 27.8 Å². The van der Waals surface area contributed by atoms with E-state index in [1.165, 1.54) is 0 Å². The minimum atomic E-state index is -0.996. The van der Waals surface area contributed by atoms with Crippen LogP contribution in [0.4, 0.5) is 4.79 Å². The molecule has 3 aromatic rings. The number of hydrogen-bond donors (Lipinski definition) is 3. The zero-order valence-corrected chi connectivity index (χ0v) is 22.3. The van der Waals surface area contributed by atoms with Gasteiger partial charge in [0.05, 0.1) is 6.42 Å². The third-order valence-corrected chi connectivity index (χ3v) is 7.00. The van der Waals surface area contributed by atoms with Gasteiger partial charge in [-0.25, -0.2) is 4.79 Å². The smallest absolute Gasteiger partial charge is 0.407 e. The Kier molecular flexibility index (Phi) is 9.33. The molecule has 204 valence electrons. The Morgan fingerprint density at radius 1 is 0.897 bits per heavy atom. The number of carbonyl (C=O) groups is 3. The molecule has 0 aromatic heterocycles. The maximum absolute atomic E-state index is 13.2. The van der Waals surface area contributed by atoms with Crippen LogP contribution in [0.3, 0.4) is 0 Å². The number of rotatable bonds is 12. The summed E-state index contributed by atoms with van der Waals surface area (Å²) in [5, 5.41) is 14.7. The summed E-state index contributed by atoms with van der Waals surface area (Å²) in [6.45, 7) is 2.73. The number of benzene rings is 3. The van der Waals surface area contributed by atoms with Gasteiger partial charge in [0.15, 0.2) is 0 Å². The van der Waals surface area contributed by atoms with E-state index in [1.54, 1.807) is 0 Å². The van der Waals surface area contributed by atoms with Crippen LogP contribution in [-0.2, 0) is 20.9 Å². The number of likely N-dealkylation sites (N-methyl/N-ethyl adjacent to an activating group) is 1. The second kappa shape index (κ2) is 13.1. The van der Waals surface area contributed by atoms with Gasteiger partial charge in [0.2, 0.25) is 5.91 Å². The van der Waals surface area contributed by atoms with Gasteiger partial charge in [-0.1, -0.05) is 85.8 Å². The van der Waals surface area contributed by atoms with Crippen molar-refractivity contribution in [2.45, 2.75) is 44.3 Å². The first-order chi connectivity index (χ1) is 18.9. The third-order valence-electron chi connectivity index (χ3n) is 7.00. The van der Waals surface area contributed by atoms with Crippen molar-refractivity contribution >= 4 is 18.0 Å². The van der Waals surface area contributed by atoms with Crippen molar-refractivity contribution in [2.24, 2.45) is 0 Å². The number of amides is 2. The van der Waals surface area contributed by atoms with Crippen LogP contribution in [0, 0.1) is 0 Å². The molecule has 4 rings (SSSR count). The normalized spacial score (nSPS) is 13.7. The van der Waals surface area contributed by atoms with Crippen molar-refractivity contribution in [1.82, 2.24) is 15.5 Å². The third kappa shape index (κ3) is 7.23. The zero-order chi connectivity index (χ0) is 27.8. The highest BCUT2D eigenvalue weighted by molar-refractivity contribution is 5.86. The van der Waals surface area contributed by atoms with Crippen molar-refractivity contribution in [2.75, 3.05) is 20.2 Å². The molecule has 0 radical (unpaired) electrons. The predicted octanol–water partition coefficient (Wildman–Crippen LogP) is 4.40. The van der Waals surface area contributed by atoms with Gasteiger partial charge in [-0.2, -0.15) is 0 Å². The Morgan fingerprint density at radius 2 is 1.49 bits per heavy atom. The summed E-state index contributed by atoms with van der Waals surface area (Å²) < 4.78 is 5.67. The van der Waals surface area contributed by atoms with Gasteiger partial charge in [-0.3, -0.25) is 14.5 Å². The van der Waals surface area contributed by atoms with Gasteiger partial charge < -0.3 is 20.5 Å². The summed E-state index contributed by atoms with van der Waals surface area (Å²) >= 11 is 0. The number of alkyl carbamates (subject to hydrolysis) is 1. The van der Waals surface area contributed by atoms with E-state index in [9.17, 15) is 19.5 Å². The van der Waals surface area contributed by atoms with Crippen molar-refractivity contribution in [3.8, 4) is 11.1 Å². The number of nitrogens with one attached hydrogen (secondary N) is 2. The number of ether oxygens (including phenoxy) is 1. The van der Waals surface area contributed by atoms with Crippen LogP contribution in [-0.4, -0.2) is 60.3 Å². The Balaban J connectivity index is 1.43. The molecule has 0 heterocycles. The maximum Gasteiger partial charge on any atom is 0.407 e. The van der Waals surface area contributed by atoms with E-state index in [1.807, 2.05) is 85.6 Å². The van der Waals surface area contributed by atoms with Gasteiger partial charge >= 0.3 is 12.1 Å². The molecule has 0 fully saturated rings. The van der Waals surface area contributed by atoms with E-state index < -0.39 is 30.1 Å². The Hall–Kier alpha value is -4.17. The highest BCUT2D eigenvalue weighted by Gasteiger charge is 2.30. The molecule has 39 heavy (non-hydrogen) atoms. The van der Waals surface area contributed by atoms with Crippen LogP contribution < -0.4 is 10.6 Å². The number of carbonyl (C=O) groups excluding carboxylic acids is 2. The SMILES string of the molecule is CCC(CC(=O)O)NC(=O)C(CN(C)Cc1ccccc1)NC(=O)OCC1c2ccccc2-c2ccccc21. The van der Waals surface area contributed by atoms with Crippen LogP contribution in [0.1, 0.15) is 42.4 Å². The fraction of sp³-hybridized carbons (Fsp3) is 0.323. The summed E-state index contributed by atoms with van der Waals surface area (Å²) in [5.41, 5.74) is 5.53. The Morgan fingerprint density at radius 3 is 2.08 bits per heavy atom. The number of aliphatic carboxylic acids is 1. The highest BCUT2D eigenvalue weighted by atomic mass is 16.5. The van der Waals surface area contributed by atoms with Crippen LogP contribution in [0.15, 0.2) is 78.9 Å². The molecule has 0 bridgehead atoms. The summed E-state index contributed by atoms with van der Waals surface area (Å²) in [5.74, 6) is -1.54. The van der Waals surface area contributed by atoms with E-state index >= 15 is 0 Å². The maximum atomic E-state index is 13.2. The molecular weight excluding hydrogens is 494 g/mol. The number of nitrogens with zero attached hydrogens (tertiary/aromatic N) is 1. The molecule has 0 spiro atoms. The van der Waals surface area contributed by atoms with Crippen molar-refractivity contribution in [3.05, 3.63) is 95.6 Å². The second-order valence-corrected chi connectivity index (χ2v) is 9.92. The first kappa shape index (κ1) is 27.9. The molecular formula is C31H35N3O5. The van der Waals surface area contributed by atoms with Crippen LogP contribution >= 0.6 is 0 Å². The lowest BCUT2D eigenvalue weighted by Crippen LogP contribution is -2.54. The molecule has 8 heteroatoms. The van der Waals surface area contributed by atoms with Gasteiger partial charge in [-0.15, -0.1) is 0 Å². The van der Waals surface area contributed by atoms with Crippen molar-refractivity contribution < 1.29 is 24.2 Å². The molecule has 0 saturated heterocycles. The Bertz CT molecular complexity index is 1250. The number of fused-ring (bicyclic) bond motifs is 3. The van der Waals surface area contributed by atoms with Gasteiger partial charge in [-0.05, 0) is 41.3 Å². The predicted molar refractivity (Wildman–Crippen MR) is 149 cm³/mol. The zero-order valence-electron chi connectivity index (χ0n) is 22.3. The molecule has 3 aromatic carbocycles. The lowest BCUT2D eigenvalue weighted by molar-refractivity contribution is -0.137. The summed E-state index contributed by atoms with van der Waals surface area (Å²) in [7, 11) is 1.86. The second-order valence-electron chi connectivity index (χ2n) is 9.92. The molecule has 1 aliphatic rings. The molecule has 0 aliphatic heterocycles. The minimum Gasteiger partial charge on any atom is -0.481 e. The largest absolute Gasteiger partial charge is 0.481 e. The van der Waals surface area contributed by atoms with Gasteiger partial charge in [0, 0.05) is 25.0 Å². The highest BCUT2D eigenvalue weighted by Crippen LogP contribution is 2.44. The first-order valence-electron chi connectivity index (χ1n) is 13.2. The molecule has 1 aliphatic carbocycles. The van der Waals surface area contributed by atoms with Crippen molar-refractivity contribution in [3.63, 3.8) is 0 Å². The molecule has 2 atom stereocenters. The summed E-state index contributed by atoms with van der Waals surface area (Å²) in [6.07, 6.45) is -0.439. The minimum absolute atomic E-state index is 0.101. The molecule has 3 N–H and O–H groups in total. The first-order valence-corrected chi connectivity index (χ1v) is 13.2. The average molecular weight is 530 g/mol. The van der Waals surface area contributed by atoms with Crippen LogP contribution in [0.5, 0.6) is 0 Å².